The Morgan fingerprint density at radius 3 is 2.46 bits per heavy atom. The van der Waals surface area contributed by atoms with Crippen molar-refractivity contribution in [2.24, 2.45) is 0 Å². The van der Waals surface area contributed by atoms with E-state index < -0.39 is 26.8 Å². The molecule has 196 valence electrons. The molecule has 0 aliphatic carbocycles. The number of nitriles is 1. The van der Waals surface area contributed by atoms with Crippen LogP contribution in [0.5, 0.6) is 0 Å². The third-order valence-electron chi connectivity index (χ3n) is 7.80. The Morgan fingerprint density at radius 1 is 1.16 bits per heavy atom. The lowest BCUT2D eigenvalue weighted by Crippen LogP contribution is -2.66. The van der Waals surface area contributed by atoms with Gasteiger partial charge in [0, 0.05) is 49.1 Å². The maximum absolute atomic E-state index is 15.1. The SMILES string of the molecule is Cc1cc(N2CC(C)(C)c3c2ncnc3N2C[C@@H](C)N(C(=O)C3(F)CCS3(=O)=O)C[C@@H]2C)cnc1C#N. The van der Waals surface area contributed by atoms with Crippen LogP contribution in [0.15, 0.2) is 18.6 Å². The molecule has 0 radical (unpaired) electrons. The summed E-state index contributed by atoms with van der Waals surface area (Å²) in [7, 11) is -4.06. The van der Waals surface area contributed by atoms with Gasteiger partial charge in [-0.3, -0.25) is 4.79 Å². The molecule has 3 atom stereocenters. The highest BCUT2D eigenvalue weighted by Gasteiger charge is 2.61. The number of pyridine rings is 1. The molecule has 5 rings (SSSR count). The fraction of sp³-hybridized carbons (Fsp3) is 0.560. The number of hydrogen-bond donors (Lipinski definition) is 0. The van der Waals surface area contributed by atoms with E-state index in [1.165, 1.54) is 11.2 Å². The van der Waals surface area contributed by atoms with Gasteiger partial charge in [0.15, 0.2) is 9.84 Å². The molecule has 1 amide bonds. The zero-order valence-corrected chi connectivity index (χ0v) is 22.4. The highest BCUT2D eigenvalue weighted by molar-refractivity contribution is 7.94. The van der Waals surface area contributed by atoms with Gasteiger partial charge < -0.3 is 14.7 Å². The fourth-order valence-corrected chi connectivity index (χ4v) is 6.87. The van der Waals surface area contributed by atoms with Crippen LogP contribution in [0.2, 0.25) is 0 Å². The predicted octanol–water partition coefficient (Wildman–Crippen LogP) is 2.39. The van der Waals surface area contributed by atoms with Crippen molar-refractivity contribution in [1.82, 2.24) is 19.9 Å². The summed E-state index contributed by atoms with van der Waals surface area (Å²) in [5.41, 5.74) is 2.62. The lowest BCUT2D eigenvalue weighted by atomic mass is 9.87. The number of rotatable bonds is 3. The number of carbonyl (C=O) groups is 1. The van der Waals surface area contributed by atoms with Gasteiger partial charge in [0.2, 0.25) is 0 Å². The molecular formula is C25H30FN7O3S. The zero-order valence-electron chi connectivity index (χ0n) is 21.6. The number of amides is 1. The van der Waals surface area contributed by atoms with Crippen LogP contribution >= 0.6 is 0 Å². The van der Waals surface area contributed by atoms with Gasteiger partial charge in [0.1, 0.15) is 29.7 Å². The second kappa shape index (κ2) is 8.34. The van der Waals surface area contributed by atoms with E-state index in [4.69, 9.17) is 0 Å². The first-order chi connectivity index (χ1) is 17.3. The normalized spacial score (nSPS) is 27.9. The molecule has 12 heteroatoms. The third kappa shape index (κ3) is 3.74. The minimum Gasteiger partial charge on any atom is -0.350 e. The van der Waals surface area contributed by atoms with Crippen LogP contribution in [-0.4, -0.2) is 76.6 Å². The molecule has 0 saturated carbocycles. The van der Waals surface area contributed by atoms with Crippen molar-refractivity contribution in [2.45, 2.75) is 63.5 Å². The Morgan fingerprint density at radius 2 is 1.86 bits per heavy atom. The van der Waals surface area contributed by atoms with Gasteiger partial charge in [-0.05, 0) is 32.4 Å². The van der Waals surface area contributed by atoms with Crippen molar-refractivity contribution < 1.29 is 17.6 Å². The van der Waals surface area contributed by atoms with Crippen LogP contribution in [0.1, 0.15) is 50.9 Å². The summed E-state index contributed by atoms with van der Waals surface area (Å²) in [6.45, 7) is 11.0. The molecular weight excluding hydrogens is 497 g/mol. The van der Waals surface area contributed by atoms with Crippen LogP contribution in [0, 0.1) is 18.3 Å². The van der Waals surface area contributed by atoms with E-state index in [9.17, 15) is 18.5 Å². The highest BCUT2D eigenvalue weighted by atomic mass is 32.2. The maximum atomic E-state index is 15.1. The maximum Gasteiger partial charge on any atom is 0.288 e. The topological polar surface area (TPSA) is 123 Å². The van der Waals surface area contributed by atoms with E-state index in [0.29, 0.717) is 18.8 Å². The first-order valence-electron chi connectivity index (χ1n) is 12.3. The molecule has 2 aromatic heterocycles. The van der Waals surface area contributed by atoms with Gasteiger partial charge in [-0.25, -0.2) is 27.8 Å². The molecule has 10 nitrogen and oxygen atoms in total. The Bertz CT molecular complexity index is 1440. The number of aryl methyl sites for hydroxylation is 1. The lowest BCUT2D eigenvalue weighted by Gasteiger charge is -2.47. The number of anilines is 3. The highest BCUT2D eigenvalue weighted by Crippen LogP contribution is 2.47. The Kier molecular flexibility index (Phi) is 5.71. The standard InChI is InChI=1S/C25H30FN7O3S/c1-15-8-18(10-28-19(15)9-27)33-13-24(4,5)20-21(29-14-30-22(20)33)31-11-17(3)32(12-16(31)2)23(34)25(26)6-7-37(25,35)36/h8,10,14,16-17H,6-7,11-13H2,1-5H3/t16-,17+,25?/m0/s1. The van der Waals surface area contributed by atoms with Gasteiger partial charge in [0.25, 0.3) is 10.9 Å². The van der Waals surface area contributed by atoms with Crippen LogP contribution < -0.4 is 9.80 Å². The van der Waals surface area contributed by atoms with E-state index >= 15 is 4.39 Å². The molecule has 5 heterocycles. The Labute approximate surface area is 216 Å². The molecule has 0 aromatic carbocycles. The summed E-state index contributed by atoms with van der Waals surface area (Å²) in [5, 5.41) is 6.44. The quantitative estimate of drug-likeness (QED) is 0.592. The number of hydrogen-bond acceptors (Lipinski definition) is 9. The second-order valence-electron chi connectivity index (χ2n) is 10.9. The molecule has 3 aliphatic rings. The van der Waals surface area contributed by atoms with Gasteiger partial charge in [-0.1, -0.05) is 13.8 Å². The van der Waals surface area contributed by atoms with Gasteiger partial charge in [-0.15, -0.1) is 0 Å². The van der Waals surface area contributed by atoms with E-state index in [0.717, 1.165) is 28.5 Å². The molecule has 3 aliphatic heterocycles. The van der Waals surface area contributed by atoms with Crippen LogP contribution in [0.4, 0.5) is 21.7 Å². The van der Waals surface area contributed by atoms with Crippen molar-refractivity contribution in [3.8, 4) is 6.07 Å². The number of alkyl halides is 1. The Balaban J connectivity index is 1.47. The van der Waals surface area contributed by atoms with E-state index in [2.05, 4.69) is 44.7 Å². The fourth-order valence-electron chi connectivity index (χ4n) is 5.59. The van der Waals surface area contributed by atoms with E-state index in [-0.39, 0.29) is 30.2 Å². The first kappa shape index (κ1) is 25.3. The van der Waals surface area contributed by atoms with Crippen molar-refractivity contribution in [3.63, 3.8) is 0 Å². The van der Waals surface area contributed by atoms with E-state index in [1.54, 1.807) is 13.1 Å². The average molecular weight is 528 g/mol. The van der Waals surface area contributed by atoms with Gasteiger partial charge in [0.05, 0.1) is 17.6 Å². The predicted molar refractivity (Wildman–Crippen MR) is 136 cm³/mol. The van der Waals surface area contributed by atoms with Crippen molar-refractivity contribution in [2.75, 3.05) is 35.2 Å². The summed E-state index contributed by atoms with van der Waals surface area (Å²) >= 11 is 0. The molecule has 2 fully saturated rings. The average Bonchev–Trinajstić information content (AvgIpc) is 3.14. The number of nitrogens with zero attached hydrogens (tertiary/aromatic N) is 7. The lowest BCUT2D eigenvalue weighted by molar-refractivity contribution is -0.142. The molecule has 0 N–H and O–H groups in total. The smallest absolute Gasteiger partial charge is 0.288 e. The minimum absolute atomic E-state index is 0.183. The summed E-state index contributed by atoms with van der Waals surface area (Å²) in [6.07, 6.45) is 2.90. The number of carbonyl (C=O) groups excluding carboxylic acids is 1. The van der Waals surface area contributed by atoms with Crippen molar-refractivity contribution in [3.05, 3.63) is 35.4 Å². The number of halogens is 1. The number of sulfone groups is 1. The van der Waals surface area contributed by atoms with Crippen LogP contribution in [-0.2, 0) is 20.0 Å². The Hall–Kier alpha value is -3.33. The molecule has 1 unspecified atom stereocenters. The first-order valence-corrected chi connectivity index (χ1v) is 13.9. The van der Waals surface area contributed by atoms with E-state index in [1.807, 2.05) is 19.9 Å². The van der Waals surface area contributed by atoms with Gasteiger partial charge in [-0.2, -0.15) is 5.26 Å². The summed E-state index contributed by atoms with van der Waals surface area (Å²) in [4.78, 5) is 32.1. The number of aromatic nitrogens is 3. The van der Waals surface area contributed by atoms with Crippen LogP contribution in [0.3, 0.4) is 0 Å². The molecule has 2 saturated heterocycles. The molecule has 37 heavy (non-hydrogen) atoms. The largest absolute Gasteiger partial charge is 0.350 e. The van der Waals surface area contributed by atoms with Crippen LogP contribution in [0.25, 0.3) is 0 Å². The summed E-state index contributed by atoms with van der Waals surface area (Å²) in [6, 6.07) is 3.38. The third-order valence-corrected chi connectivity index (χ3v) is 9.90. The zero-order chi connectivity index (χ0) is 26.9. The van der Waals surface area contributed by atoms with Gasteiger partial charge >= 0.3 is 0 Å². The summed E-state index contributed by atoms with van der Waals surface area (Å²) in [5.74, 6) is 0.239. The number of fused-ring (bicyclic) bond motifs is 1. The summed E-state index contributed by atoms with van der Waals surface area (Å²) < 4.78 is 39.2. The van der Waals surface area contributed by atoms with Crippen molar-refractivity contribution in [1.29, 1.82) is 5.26 Å². The number of piperazine rings is 1. The second-order valence-corrected chi connectivity index (χ2v) is 13.2. The van der Waals surface area contributed by atoms with Crippen molar-refractivity contribution >= 4 is 33.1 Å². The monoisotopic (exact) mass is 527 g/mol. The molecule has 2 aromatic rings. The minimum atomic E-state index is -4.06. The molecule has 0 bridgehead atoms. The molecule has 0 spiro atoms.